The van der Waals surface area contributed by atoms with Gasteiger partial charge in [0.1, 0.15) is 5.82 Å². The summed E-state index contributed by atoms with van der Waals surface area (Å²) in [6.45, 7) is 5.60. The fourth-order valence-corrected chi connectivity index (χ4v) is 3.52. The van der Waals surface area contributed by atoms with Crippen LogP contribution in [0.3, 0.4) is 0 Å². The van der Waals surface area contributed by atoms with Crippen molar-refractivity contribution >= 4 is 11.7 Å². The van der Waals surface area contributed by atoms with Crippen molar-refractivity contribution in [1.82, 2.24) is 30.5 Å². The second kappa shape index (κ2) is 8.41. The SMILES string of the molecule is O=C1CN(CCCNc2nc(-c3cccnc3)nc3c2CCNC3)CCN1. The van der Waals surface area contributed by atoms with Crippen LogP contribution in [0.4, 0.5) is 5.82 Å². The first-order chi connectivity index (χ1) is 13.3. The van der Waals surface area contributed by atoms with Gasteiger partial charge in [0.25, 0.3) is 0 Å². The van der Waals surface area contributed by atoms with Crippen LogP contribution in [0.1, 0.15) is 17.7 Å². The fraction of sp³-hybridized carbons (Fsp3) is 0.474. The van der Waals surface area contributed by atoms with Gasteiger partial charge in [0.05, 0.1) is 12.2 Å². The van der Waals surface area contributed by atoms with E-state index < -0.39 is 0 Å². The van der Waals surface area contributed by atoms with Crippen molar-refractivity contribution < 1.29 is 4.79 Å². The van der Waals surface area contributed by atoms with Gasteiger partial charge in [-0.15, -0.1) is 0 Å². The third-order valence-corrected chi connectivity index (χ3v) is 4.92. The smallest absolute Gasteiger partial charge is 0.234 e. The van der Waals surface area contributed by atoms with Crippen LogP contribution in [-0.4, -0.2) is 65.0 Å². The number of amides is 1. The summed E-state index contributed by atoms with van der Waals surface area (Å²) >= 11 is 0. The summed E-state index contributed by atoms with van der Waals surface area (Å²) < 4.78 is 0. The standard InChI is InChI=1S/C19H25N7O/c27-17-13-26(10-8-22-17)9-2-6-23-19-15-4-7-21-12-16(15)24-18(25-19)14-3-1-5-20-11-14/h1,3,5,11,21H,2,4,6-10,12-13H2,(H,22,27)(H,23,24,25). The number of rotatable bonds is 6. The van der Waals surface area contributed by atoms with Crippen LogP contribution in [-0.2, 0) is 17.8 Å². The number of aromatic nitrogens is 3. The van der Waals surface area contributed by atoms with Gasteiger partial charge in [-0.1, -0.05) is 0 Å². The highest BCUT2D eigenvalue weighted by Crippen LogP contribution is 2.24. The first kappa shape index (κ1) is 17.8. The summed E-state index contributed by atoms with van der Waals surface area (Å²) in [5.41, 5.74) is 3.19. The quantitative estimate of drug-likeness (QED) is 0.637. The second-order valence-electron chi connectivity index (χ2n) is 6.90. The first-order valence-corrected chi connectivity index (χ1v) is 9.53. The van der Waals surface area contributed by atoms with Gasteiger partial charge in [-0.3, -0.25) is 14.7 Å². The fourth-order valence-electron chi connectivity index (χ4n) is 3.52. The van der Waals surface area contributed by atoms with Crippen LogP contribution in [0.5, 0.6) is 0 Å². The molecular weight excluding hydrogens is 342 g/mol. The van der Waals surface area contributed by atoms with E-state index in [9.17, 15) is 4.79 Å². The average molecular weight is 367 g/mol. The number of nitrogens with zero attached hydrogens (tertiary/aromatic N) is 4. The molecule has 1 amide bonds. The zero-order valence-electron chi connectivity index (χ0n) is 15.4. The van der Waals surface area contributed by atoms with E-state index in [-0.39, 0.29) is 5.91 Å². The molecule has 0 bridgehead atoms. The van der Waals surface area contributed by atoms with Crippen molar-refractivity contribution in [3.8, 4) is 11.4 Å². The largest absolute Gasteiger partial charge is 0.370 e. The van der Waals surface area contributed by atoms with Crippen LogP contribution in [0.2, 0.25) is 0 Å². The molecule has 2 aromatic heterocycles. The number of hydrogen-bond donors (Lipinski definition) is 3. The van der Waals surface area contributed by atoms with Crippen molar-refractivity contribution in [2.24, 2.45) is 0 Å². The van der Waals surface area contributed by atoms with Crippen LogP contribution in [0.15, 0.2) is 24.5 Å². The third kappa shape index (κ3) is 4.40. The maximum Gasteiger partial charge on any atom is 0.234 e. The van der Waals surface area contributed by atoms with Gasteiger partial charge in [-0.2, -0.15) is 0 Å². The van der Waals surface area contributed by atoms with E-state index >= 15 is 0 Å². The molecule has 3 N–H and O–H groups in total. The molecule has 142 valence electrons. The van der Waals surface area contributed by atoms with Gasteiger partial charge in [0.15, 0.2) is 5.82 Å². The Bertz CT molecular complexity index is 796. The summed E-state index contributed by atoms with van der Waals surface area (Å²) in [6, 6.07) is 3.88. The molecule has 1 fully saturated rings. The van der Waals surface area contributed by atoms with Crippen LogP contribution in [0, 0.1) is 0 Å². The van der Waals surface area contributed by atoms with Crippen LogP contribution in [0.25, 0.3) is 11.4 Å². The molecule has 0 spiro atoms. The van der Waals surface area contributed by atoms with Gasteiger partial charge in [0, 0.05) is 56.2 Å². The number of fused-ring (bicyclic) bond motifs is 1. The average Bonchev–Trinajstić information content (AvgIpc) is 2.71. The van der Waals surface area contributed by atoms with Crippen molar-refractivity contribution in [1.29, 1.82) is 0 Å². The Labute approximate surface area is 158 Å². The Morgan fingerprint density at radius 1 is 1.26 bits per heavy atom. The third-order valence-electron chi connectivity index (χ3n) is 4.92. The van der Waals surface area contributed by atoms with E-state index in [0.717, 1.165) is 69.2 Å². The minimum absolute atomic E-state index is 0.118. The molecule has 0 unspecified atom stereocenters. The maximum absolute atomic E-state index is 11.5. The van der Waals surface area contributed by atoms with E-state index in [4.69, 9.17) is 9.97 Å². The molecule has 0 radical (unpaired) electrons. The molecule has 0 aromatic carbocycles. The number of carbonyl (C=O) groups excluding carboxylic acids is 1. The first-order valence-electron chi connectivity index (χ1n) is 9.53. The van der Waals surface area contributed by atoms with Crippen molar-refractivity contribution in [2.45, 2.75) is 19.4 Å². The molecule has 2 aromatic rings. The molecule has 0 atom stereocenters. The molecule has 27 heavy (non-hydrogen) atoms. The van der Waals surface area contributed by atoms with Crippen molar-refractivity contribution in [3.63, 3.8) is 0 Å². The molecule has 8 heteroatoms. The highest BCUT2D eigenvalue weighted by molar-refractivity contribution is 5.78. The Hall–Kier alpha value is -2.58. The van der Waals surface area contributed by atoms with Gasteiger partial charge < -0.3 is 16.0 Å². The minimum atomic E-state index is 0.118. The Kier molecular flexibility index (Phi) is 5.55. The van der Waals surface area contributed by atoms with E-state index in [1.165, 1.54) is 5.56 Å². The molecule has 4 rings (SSSR count). The number of pyridine rings is 1. The highest BCUT2D eigenvalue weighted by Gasteiger charge is 2.19. The number of hydrogen-bond acceptors (Lipinski definition) is 7. The summed E-state index contributed by atoms with van der Waals surface area (Å²) in [5, 5.41) is 9.75. The molecule has 0 saturated carbocycles. The lowest BCUT2D eigenvalue weighted by Gasteiger charge is -2.26. The number of nitrogens with one attached hydrogen (secondary N) is 3. The summed E-state index contributed by atoms with van der Waals surface area (Å²) in [7, 11) is 0. The zero-order chi connectivity index (χ0) is 18.5. The highest BCUT2D eigenvalue weighted by atomic mass is 16.2. The van der Waals surface area contributed by atoms with Gasteiger partial charge in [-0.25, -0.2) is 9.97 Å². The van der Waals surface area contributed by atoms with Gasteiger partial charge >= 0.3 is 0 Å². The molecule has 2 aliphatic heterocycles. The Morgan fingerprint density at radius 3 is 3.07 bits per heavy atom. The van der Waals surface area contributed by atoms with E-state index in [1.807, 2.05) is 12.1 Å². The molecule has 2 aliphatic rings. The van der Waals surface area contributed by atoms with E-state index in [2.05, 4.69) is 25.8 Å². The lowest BCUT2D eigenvalue weighted by molar-refractivity contribution is -0.124. The second-order valence-corrected chi connectivity index (χ2v) is 6.90. The number of anilines is 1. The predicted octanol–water partition coefficient (Wildman–Crippen LogP) is 0.418. The summed E-state index contributed by atoms with van der Waals surface area (Å²) in [4.78, 5) is 27.4. The number of piperazine rings is 1. The molecule has 4 heterocycles. The lowest BCUT2D eigenvalue weighted by atomic mass is 10.1. The maximum atomic E-state index is 11.5. The Balaban J connectivity index is 1.44. The van der Waals surface area contributed by atoms with Crippen molar-refractivity contribution in [3.05, 3.63) is 35.8 Å². The minimum Gasteiger partial charge on any atom is -0.370 e. The topological polar surface area (TPSA) is 95.1 Å². The van der Waals surface area contributed by atoms with E-state index in [0.29, 0.717) is 12.4 Å². The summed E-state index contributed by atoms with van der Waals surface area (Å²) in [6.07, 6.45) is 5.44. The van der Waals surface area contributed by atoms with Crippen LogP contribution < -0.4 is 16.0 Å². The zero-order valence-corrected chi connectivity index (χ0v) is 15.4. The molecular formula is C19H25N7O. The number of carbonyl (C=O) groups is 1. The van der Waals surface area contributed by atoms with Crippen molar-refractivity contribution in [2.75, 3.05) is 44.6 Å². The monoisotopic (exact) mass is 367 g/mol. The summed E-state index contributed by atoms with van der Waals surface area (Å²) in [5.74, 6) is 1.75. The molecule has 0 aliphatic carbocycles. The predicted molar refractivity (Wildman–Crippen MR) is 103 cm³/mol. The Morgan fingerprint density at radius 2 is 2.22 bits per heavy atom. The van der Waals surface area contributed by atoms with Gasteiger partial charge in [-0.05, 0) is 31.5 Å². The molecule has 8 nitrogen and oxygen atoms in total. The lowest BCUT2D eigenvalue weighted by Crippen LogP contribution is -2.47. The van der Waals surface area contributed by atoms with Crippen LogP contribution >= 0.6 is 0 Å². The van der Waals surface area contributed by atoms with Gasteiger partial charge in [0.2, 0.25) is 5.91 Å². The van der Waals surface area contributed by atoms with E-state index in [1.54, 1.807) is 12.4 Å². The molecule has 1 saturated heterocycles. The normalized spacial score (nSPS) is 17.3.